The van der Waals surface area contributed by atoms with Gasteiger partial charge in [0.15, 0.2) is 0 Å². The van der Waals surface area contributed by atoms with E-state index in [0.717, 1.165) is 24.8 Å². The lowest BCUT2D eigenvalue weighted by Crippen LogP contribution is -1.97. The van der Waals surface area contributed by atoms with E-state index in [-0.39, 0.29) is 6.42 Å². The lowest BCUT2D eigenvalue weighted by Gasteiger charge is -2.01. The largest absolute Gasteiger partial charge is 0.481 e. The third-order valence-corrected chi connectivity index (χ3v) is 1.69. The molecule has 1 N–H and O–H groups in total. The van der Waals surface area contributed by atoms with Gasteiger partial charge in [0.1, 0.15) is 0 Å². The van der Waals surface area contributed by atoms with Gasteiger partial charge in [-0.1, -0.05) is 17.7 Å². The van der Waals surface area contributed by atoms with E-state index in [1.807, 2.05) is 19.1 Å². The van der Waals surface area contributed by atoms with Crippen LogP contribution in [0.25, 0.3) is 0 Å². The molecule has 68 valence electrons. The molecule has 0 aromatic heterocycles. The van der Waals surface area contributed by atoms with Crippen molar-refractivity contribution in [3.63, 3.8) is 0 Å². The number of allylic oxidation sites excluding steroid dienone is 2. The van der Waals surface area contributed by atoms with Gasteiger partial charge in [-0.25, -0.2) is 0 Å². The molecule has 0 rings (SSSR count). The molecule has 0 aliphatic heterocycles. The summed E-state index contributed by atoms with van der Waals surface area (Å²) in [4.78, 5) is 10.3. The summed E-state index contributed by atoms with van der Waals surface area (Å²) in [5, 5.41) is 8.51. The SMILES string of the molecule is C=CCCCC(=CC)CC(=O)O. The highest BCUT2D eigenvalue weighted by molar-refractivity contribution is 5.69. The van der Waals surface area contributed by atoms with Gasteiger partial charge < -0.3 is 5.11 Å². The van der Waals surface area contributed by atoms with Crippen LogP contribution in [0.5, 0.6) is 0 Å². The van der Waals surface area contributed by atoms with Crippen molar-refractivity contribution in [2.24, 2.45) is 0 Å². The maximum absolute atomic E-state index is 10.3. The fourth-order valence-electron chi connectivity index (χ4n) is 1.00. The smallest absolute Gasteiger partial charge is 0.307 e. The summed E-state index contributed by atoms with van der Waals surface area (Å²) in [6.07, 6.45) is 6.74. The van der Waals surface area contributed by atoms with Crippen molar-refractivity contribution in [1.29, 1.82) is 0 Å². The van der Waals surface area contributed by atoms with Gasteiger partial charge in [0.05, 0.1) is 6.42 Å². The Morgan fingerprint density at radius 1 is 1.58 bits per heavy atom. The van der Waals surface area contributed by atoms with Crippen LogP contribution in [-0.2, 0) is 4.79 Å². The number of carboxylic acids is 1. The van der Waals surface area contributed by atoms with Crippen LogP contribution in [0.1, 0.15) is 32.6 Å². The van der Waals surface area contributed by atoms with Crippen LogP contribution in [0.15, 0.2) is 24.3 Å². The maximum Gasteiger partial charge on any atom is 0.307 e. The van der Waals surface area contributed by atoms with E-state index in [1.54, 1.807) is 0 Å². The molecule has 0 atom stereocenters. The van der Waals surface area contributed by atoms with Crippen LogP contribution >= 0.6 is 0 Å². The molecule has 0 spiro atoms. The van der Waals surface area contributed by atoms with Gasteiger partial charge in [0.25, 0.3) is 0 Å². The molecule has 0 aromatic rings. The zero-order valence-corrected chi connectivity index (χ0v) is 7.55. The summed E-state index contributed by atoms with van der Waals surface area (Å²) < 4.78 is 0. The van der Waals surface area contributed by atoms with Gasteiger partial charge in [0.2, 0.25) is 0 Å². The third-order valence-electron chi connectivity index (χ3n) is 1.69. The van der Waals surface area contributed by atoms with Gasteiger partial charge in [-0.15, -0.1) is 6.58 Å². The molecule has 0 saturated heterocycles. The summed E-state index contributed by atoms with van der Waals surface area (Å²) in [6, 6.07) is 0. The first-order valence-corrected chi connectivity index (χ1v) is 4.17. The average molecular weight is 168 g/mol. The predicted octanol–water partition coefficient (Wildman–Crippen LogP) is 2.76. The van der Waals surface area contributed by atoms with E-state index >= 15 is 0 Å². The predicted molar refractivity (Wildman–Crippen MR) is 50.1 cm³/mol. The fourth-order valence-corrected chi connectivity index (χ4v) is 1.00. The Hall–Kier alpha value is -1.05. The molecule has 0 fully saturated rings. The van der Waals surface area contributed by atoms with E-state index in [2.05, 4.69) is 6.58 Å². The first kappa shape index (κ1) is 11.0. The second kappa shape index (κ2) is 6.65. The number of unbranched alkanes of at least 4 members (excludes halogenated alkanes) is 1. The second-order valence-corrected chi connectivity index (χ2v) is 2.70. The molecule has 0 saturated carbocycles. The Labute approximate surface area is 73.6 Å². The van der Waals surface area contributed by atoms with Gasteiger partial charge in [-0.2, -0.15) is 0 Å². The number of aliphatic carboxylic acids is 1. The average Bonchev–Trinajstić information content (AvgIpc) is 2.02. The Kier molecular flexibility index (Phi) is 6.07. The van der Waals surface area contributed by atoms with Crippen molar-refractivity contribution in [2.45, 2.75) is 32.6 Å². The Balaban J connectivity index is 3.69. The summed E-state index contributed by atoms with van der Waals surface area (Å²) in [5.41, 5.74) is 1.00. The van der Waals surface area contributed by atoms with Crippen molar-refractivity contribution in [3.8, 4) is 0 Å². The third kappa shape index (κ3) is 5.71. The topological polar surface area (TPSA) is 37.3 Å². The highest BCUT2D eigenvalue weighted by atomic mass is 16.4. The number of carbonyl (C=O) groups is 1. The van der Waals surface area contributed by atoms with Gasteiger partial charge in [-0.3, -0.25) is 4.79 Å². The maximum atomic E-state index is 10.3. The van der Waals surface area contributed by atoms with Crippen LogP contribution in [0.2, 0.25) is 0 Å². The molecule has 2 nitrogen and oxygen atoms in total. The first-order chi connectivity index (χ1) is 5.70. The highest BCUT2D eigenvalue weighted by Gasteiger charge is 2.01. The normalized spacial score (nSPS) is 11.2. The Morgan fingerprint density at radius 2 is 2.25 bits per heavy atom. The van der Waals surface area contributed by atoms with Crippen LogP contribution < -0.4 is 0 Å². The summed E-state index contributed by atoms with van der Waals surface area (Å²) in [5.74, 6) is -0.748. The molecule has 12 heavy (non-hydrogen) atoms. The highest BCUT2D eigenvalue weighted by Crippen LogP contribution is 2.11. The van der Waals surface area contributed by atoms with Crippen molar-refractivity contribution in [1.82, 2.24) is 0 Å². The fraction of sp³-hybridized carbons (Fsp3) is 0.500. The van der Waals surface area contributed by atoms with Crippen molar-refractivity contribution >= 4 is 5.97 Å². The first-order valence-electron chi connectivity index (χ1n) is 4.17. The lowest BCUT2D eigenvalue weighted by atomic mass is 10.1. The van der Waals surface area contributed by atoms with E-state index in [4.69, 9.17) is 5.11 Å². The van der Waals surface area contributed by atoms with Crippen molar-refractivity contribution in [3.05, 3.63) is 24.3 Å². The molecule has 2 heteroatoms. The van der Waals surface area contributed by atoms with E-state index in [0.29, 0.717) is 0 Å². The van der Waals surface area contributed by atoms with Crippen molar-refractivity contribution in [2.75, 3.05) is 0 Å². The van der Waals surface area contributed by atoms with Crippen LogP contribution in [0.4, 0.5) is 0 Å². The van der Waals surface area contributed by atoms with Crippen molar-refractivity contribution < 1.29 is 9.90 Å². The summed E-state index contributed by atoms with van der Waals surface area (Å²) >= 11 is 0. The monoisotopic (exact) mass is 168 g/mol. The van der Waals surface area contributed by atoms with Crippen LogP contribution in [0.3, 0.4) is 0 Å². The van der Waals surface area contributed by atoms with Gasteiger partial charge >= 0.3 is 5.97 Å². The minimum absolute atomic E-state index is 0.174. The zero-order chi connectivity index (χ0) is 9.40. The minimum atomic E-state index is -0.748. The molecule has 0 heterocycles. The van der Waals surface area contributed by atoms with E-state index < -0.39 is 5.97 Å². The molecule has 0 aromatic carbocycles. The summed E-state index contributed by atoms with van der Waals surface area (Å²) in [7, 11) is 0. The molecule has 0 aliphatic carbocycles. The Bertz CT molecular complexity index is 180. The molecule has 0 aliphatic rings. The molecule has 0 amide bonds. The Morgan fingerprint density at radius 3 is 2.67 bits per heavy atom. The summed E-state index contributed by atoms with van der Waals surface area (Å²) in [6.45, 7) is 5.49. The van der Waals surface area contributed by atoms with E-state index in [9.17, 15) is 4.79 Å². The molecular formula is C10H16O2. The number of rotatable bonds is 6. The molecular weight excluding hydrogens is 152 g/mol. The number of hydrogen-bond donors (Lipinski definition) is 1. The lowest BCUT2D eigenvalue weighted by molar-refractivity contribution is -0.136. The minimum Gasteiger partial charge on any atom is -0.481 e. The van der Waals surface area contributed by atoms with Gasteiger partial charge in [-0.05, 0) is 26.2 Å². The zero-order valence-electron chi connectivity index (χ0n) is 7.55. The van der Waals surface area contributed by atoms with Gasteiger partial charge in [0, 0.05) is 0 Å². The molecule has 0 radical (unpaired) electrons. The van der Waals surface area contributed by atoms with Crippen LogP contribution in [-0.4, -0.2) is 11.1 Å². The molecule has 0 bridgehead atoms. The standard InChI is InChI=1S/C10H16O2/c1-3-5-6-7-9(4-2)8-10(11)12/h3-4H,1,5-8H2,2H3,(H,11,12). The number of hydrogen-bond acceptors (Lipinski definition) is 1. The van der Waals surface area contributed by atoms with Crippen LogP contribution in [0, 0.1) is 0 Å². The number of carboxylic acid groups (broad SMARTS) is 1. The van der Waals surface area contributed by atoms with E-state index in [1.165, 1.54) is 0 Å². The molecule has 0 unspecified atom stereocenters. The second-order valence-electron chi connectivity index (χ2n) is 2.70. The quantitative estimate of drug-likeness (QED) is 0.489.